The number of nitrogens with one attached hydrogen (secondary N) is 1. The zero-order valence-electron chi connectivity index (χ0n) is 12.5. The lowest BCUT2D eigenvalue weighted by Gasteiger charge is -2.32. The van der Waals surface area contributed by atoms with Crippen molar-refractivity contribution in [2.24, 2.45) is 0 Å². The van der Waals surface area contributed by atoms with Crippen LogP contribution in [0.15, 0.2) is 23.8 Å². The van der Waals surface area contributed by atoms with E-state index in [1.54, 1.807) is 6.33 Å². The van der Waals surface area contributed by atoms with Crippen molar-refractivity contribution in [3.05, 3.63) is 34.5 Å². The molecule has 1 N–H and O–H groups in total. The SMILES string of the molecule is CCn1ncnc1CNC1CCCN(Cc2cccs2)C1. The van der Waals surface area contributed by atoms with E-state index in [0.717, 1.165) is 32.0 Å². The first-order valence-electron chi connectivity index (χ1n) is 7.70. The number of aryl methyl sites for hydroxylation is 1. The summed E-state index contributed by atoms with van der Waals surface area (Å²) in [5, 5.41) is 10.0. The summed E-state index contributed by atoms with van der Waals surface area (Å²) in [6, 6.07) is 4.92. The molecule has 1 atom stereocenters. The van der Waals surface area contributed by atoms with Crippen molar-refractivity contribution in [1.82, 2.24) is 25.0 Å². The van der Waals surface area contributed by atoms with Gasteiger partial charge in [-0.1, -0.05) is 6.07 Å². The summed E-state index contributed by atoms with van der Waals surface area (Å²) >= 11 is 1.85. The molecule has 114 valence electrons. The van der Waals surface area contributed by atoms with Gasteiger partial charge in [0, 0.05) is 30.6 Å². The van der Waals surface area contributed by atoms with Gasteiger partial charge in [0.1, 0.15) is 12.2 Å². The Morgan fingerprint density at radius 1 is 1.48 bits per heavy atom. The summed E-state index contributed by atoms with van der Waals surface area (Å²) in [7, 11) is 0. The number of aromatic nitrogens is 3. The van der Waals surface area contributed by atoms with E-state index in [-0.39, 0.29) is 0 Å². The van der Waals surface area contributed by atoms with E-state index in [9.17, 15) is 0 Å². The van der Waals surface area contributed by atoms with Crippen molar-refractivity contribution in [2.75, 3.05) is 13.1 Å². The van der Waals surface area contributed by atoms with Crippen molar-refractivity contribution in [3.63, 3.8) is 0 Å². The average Bonchev–Trinajstić information content (AvgIpc) is 3.16. The first-order chi connectivity index (χ1) is 10.3. The minimum Gasteiger partial charge on any atom is -0.306 e. The summed E-state index contributed by atoms with van der Waals surface area (Å²) in [6.45, 7) is 7.21. The molecule has 3 heterocycles. The van der Waals surface area contributed by atoms with Crippen molar-refractivity contribution in [1.29, 1.82) is 0 Å². The van der Waals surface area contributed by atoms with Gasteiger partial charge >= 0.3 is 0 Å². The van der Waals surface area contributed by atoms with Crippen LogP contribution in [0.3, 0.4) is 0 Å². The quantitative estimate of drug-likeness (QED) is 0.888. The summed E-state index contributed by atoms with van der Waals surface area (Å²) in [5.41, 5.74) is 0. The van der Waals surface area contributed by atoms with Gasteiger partial charge in [-0.25, -0.2) is 9.67 Å². The molecule has 0 radical (unpaired) electrons. The molecule has 2 aromatic rings. The van der Waals surface area contributed by atoms with Crippen molar-refractivity contribution in [3.8, 4) is 0 Å². The Hall–Kier alpha value is -1.24. The molecular weight excluding hydrogens is 282 g/mol. The molecule has 2 aromatic heterocycles. The molecule has 21 heavy (non-hydrogen) atoms. The topological polar surface area (TPSA) is 46.0 Å². The van der Waals surface area contributed by atoms with Crippen LogP contribution in [-0.4, -0.2) is 38.8 Å². The fourth-order valence-corrected chi connectivity index (χ4v) is 3.66. The highest BCUT2D eigenvalue weighted by Crippen LogP contribution is 2.17. The zero-order valence-corrected chi connectivity index (χ0v) is 13.4. The smallest absolute Gasteiger partial charge is 0.140 e. The van der Waals surface area contributed by atoms with Gasteiger partial charge in [-0.3, -0.25) is 4.90 Å². The van der Waals surface area contributed by atoms with E-state index in [1.165, 1.54) is 24.3 Å². The summed E-state index contributed by atoms with van der Waals surface area (Å²) < 4.78 is 1.96. The van der Waals surface area contributed by atoms with E-state index in [1.807, 2.05) is 16.0 Å². The number of thiophene rings is 1. The minimum atomic E-state index is 0.556. The lowest BCUT2D eigenvalue weighted by molar-refractivity contribution is 0.183. The van der Waals surface area contributed by atoms with Crippen LogP contribution in [0.4, 0.5) is 0 Å². The second-order valence-corrected chi connectivity index (χ2v) is 6.56. The fourth-order valence-electron chi connectivity index (χ4n) is 2.91. The highest BCUT2D eigenvalue weighted by atomic mass is 32.1. The molecule has 1 aliphatic rings. The molecule has 0 bridgehead atoms. The third-order valence-electron chi connectivity index (χ3n) is 4.01. The molecular formula is C15H23N5S. The largest absolute Gasteiger partial charge is 0.306 e. The second-order valence-electron chi connectivity index (χ2n) is 5.53. The molecule has 0 aliphatic carbocycles. The van der Waals surface area contributed by atoms with Crippen LogP contribution in [0, 0.1) is 0 Å². The van der Waals surface area contributed by atoms with Gasteiger partial charge in [0.25, 0.3) is 0 Å². The average molecular weight is 305 g/mol. The Kier molecular flexibility index (Phi) is 5.00. The van der Waals surface area contributed by atoms with Crippen LogP contribution in [0.1, 0.15) is 30.5 Å². The first kappa shape index (κ1) is 14.7. The summed E-state index contributed by atoms with van der Waals surface area (Å²) in [5.74, 6) is 1.04. The summed E-state index contributed by atoms with van der Waals surface area (Å²) in [6.07, 6.45) is 4.16. The number of hydrogen-bond acceptors (Lipinski definition) is 5. The van der Waals surface area contributed by atoms with Gasteiger partial charge in [-0.05, 0) is 37.8 Å². The van der Waals surface area contributed by atoms with Crippen LogP contribution in [0.5, 0.6) is 0 Å². The minimum absolute atomic E-state index is 0.556. The number of rotatable bonds is 6. The molecule has 1 unspecified atom stereocenters. The second kappa shape index (κ2) is 7.15. The first-order valence-corrected chi connectivity index (χ1v) is 8.58. The molecule has 3 rings (SSSR count). The third kappa shape index (κ3) is 3.90. The van der Waals surface area contributed by atoms with E-state index in [0.29, 0.717) is 6.04 Å². The van der Waals surface area contributed by atoms with E-state index < -0.39 is 0 Å². The molecule has 6 heteroatoms. The van der Waals surface area contributed by atoms with Gasteiger partial charge in [-0.2, -0.15) is 5.10 Å². The number of likely N-dealkylation sites (tertiary alicyclic amines) is 1. The molecule has 0 aromatic carbocycles. The Labute approximate surface area is 130 Å². The van der Waals surface area contributed by atoms with Crippen molar-refractivity contribution in [2.45, 2.75) is 45.4 Å². The van der Waals surface area contributed by atoms with Crippen LogP contribution in [0.2, 0.25) is 0 Å². The van der Waals surface area contributed by atoms with Crippen LogP contribution in [0.25, 0.3) is 0 Å². The number of piperidine rings is 1. The van der Waals surface area contributed by atoms with E-state index >= 15 is 0 Å². The molecule has 1 fully saturated rings. The van der Waals surface area contributed by atoms with Crippen molar-refractivity contribution >= 4 is 11.3 Å². The molecule has 5 nitrogen and oxygen atoms in total. The van der Waals surface area contributed by atoms with E-state index in [4.69, 9.17) is 0 Å². The van der Waals surface area contributed by atoms with E-state index in [2.05, 4.69) is 44.7 Å². The van der Waals surface area contributed by atoms with Crippen LogP contribution >= 0.6 is 11.3 Å². The molecule has 1 aliphatic heterocycles. The monoisotopic (exact) mass is 305 g/mol. The predicted molar refractivity (Wildman–Crippen MR) is 85.2 cm³/mol. The fraction of sp³-hybridized carbons (Fsp3) is 0.600. The molecule has 0 spiro atoms. The highest BCUT2D eigenvalue weighted by Gasteiger charge is 2.20. The maximum absolute atomic E-state index is 4.33. The maximum Gasteiger partial charge on any atom is 0.140 e. The predicted octanol–water partition coefficient (Wildman–Crippen LogP) is 2.11. The van der Waals surface area contributed by atoms with Crippen LogP contribution < -0.4 is 5.32 Å². The summed E-state index contributed by atoms with van der Waals surface area (Å²) in [4.78, 5) is 8.34. The lowest BCUT2D eigenvalue weighted by Crippen LogP contribution is -2.45. The molecule has 0 amide bonds. The highest BCUT2D eigenvalue weighted by molar-refractivity contribution is 7.09. The zero-order chi connectivity index (χ0) is 14.5. The van der Waals surface area contributed by atoms with Gasteiger partial charge in [0.15, 0.2) is 0 Å². The normalized spacial score (nSPS) is 20.0. The van der Waals surface area contributed by atoms with Crippen molar-refractivity contribution < 1.29 is 0 Å². The van der Waals surface area contributed by atoms with Gasteiger partial charge in [0.05, 0.1) is 6.54 Å². The van der Waals surface area contributed by atoms with Gasteiger partial charge in [-0.15, -0.1) is 11.3 Å². The Balaban J connectivity index is 1.49. The maximum atomic E-state index is 4.33. The Bertz CT molecular complexity index is 536. The number of hydrogen-bond donors (Lipinski definition) is 1. The van der Waals surface area contributed by atoms with Crippen LogP contribution in [-0.2, 0) is 19.6 Å². The standard InChI is InChI=1S/C15H23N5S/c1-2-20-15(17-12-18-20)9-16-13-5-3-7-19(10-13)11-14-6-4-8-21-14/h4,6,8,12-13,16H,2-3,5,7,9-11H2,1H3. The Morgan fingerprint density at radius 2 is 2.43 bits per heavy atom. The Morgan fingerprint density at radius 3 is 3.24 bits per heavy atom. The van der Waals surface area contributed by atoms with Gasteiger partial charge < -0.3 is 5.32 Å². The number of nitrogens with zero attached hydrogens (tertiary/aromatic N) is 4. The molecule has 0 saturated carbocycles. The third-order valence-corrected chi connectivity index (χ3v) is 4.87. The molecule has 1 saturated heterocycles. The lowest BCUT2D eigenvalue weighted by atomic mass is 10.1. The van der Waals surface area contributed by atoms with Gasteiger partial charge in [0.2, 0.25) is 0 Å².